The van der Waals surface area contributed by atoms with Gasteiger partial charge in [-0.25, -0.2) is 4.31 Å². The van der Waals surface area contributed by atoms with E-state index in [1.54, 1.807) is 6.26 Å². The van der Waals surface area contributed by atoms with Crippen molar-refractivity contribution in [2.24, 2.45) is 0 Å². The van der Waals surface area contributed by atoms with E-state index < -0.39 is 9.71 Å². The molecular weight excluding hydrogens is 330 g/mol. The Bertz CT molecular complexity index is 759. The fourth-order valence-electron chi connectivity index (χ4n) is 3.40. The second-order valence-corrected chi connectivity index (χ2v) is 9.34. The number of allylic oxidation sites excluding steroid dienone is 1. The third kappa shape index (κ3) is 4.28. The molecule has 1 N–H and O–H groups in total. The topological polar surface area (TPSA) is 35.6 Å². The summed E-state index contributed by atoms with van der Waals surface area (Å²) in [6.45, 7) is 11.7. The number of hydrogen-bond acceptors (Lipinski definition) is 3. The third-order valence-electron chi connectivity index (χ3n) is 5.07. The Kier molecular flexibility index (Phi) is 6.01. The van der Waals surface area contributed by atoms with Gasteiger partial charge >= 0.3 is 0 Å². The average molecular weight is 362 g/mol. The van der Waals surface area contributed by atoms with Crippen LogP contribution in [-0.2, 0) is 9.71 Å². The quantitative estimate of drug-likeness (QED) is 0.783. The summed E-state index contributed by atoms with van der Waals surface area (Å²) in [6.07, 6.45) is 5.61. The van der Waals surface area contributed by atoms with Gasteiger partial charge in [-0.2, -0.15) is 0 Å². The maximum Gasteiger partial charge on any atom is 0.0434 e. The summed E-state index contributed by atoms with van der Waals surface area (Å²) in [5.41, 5.74) is 5.66. The molecular formula is C20H31N3OS. The van der Waals surface area contributed by atoms with Crippen LogP contribution >= 0.6 is 0 Å². The van der Waals surface area contributed by atoms with Crippen molar-refractivity contribution < 1.29 is 4.21 Å². The van der Waals surface area contributed by atoms with E-state index in [1.807, 2.05) is 31.4 Å². The molecule has 1 aromatic rings. The Balaban J connectivity index is 2.40. The van der Waals surface area contributed by atoms with Gasteiger partial charge in [0.1, 0.15) is 0 Å². The lowest BCUT2D eigenvalue weighted by Gasteiger charge is -2.34. The van der Waals surface area contributed by atoms with Gasteiger partial charge in [0.05, 0.1) is 0 Å². The largest absolute Gasteiger partial charge is 0.388 e. The highest BCUT2D eigenvalue weighted by molar-refractivity contribution is 7.97. The van der Waals surface area contributed by atoms with Crippen LogP contribution < -0.4 is 10.2 Å². The van der Waals surface area contributed by atoms with E-state index in [0.29, 0.717) is 5.92 Å². The summed E-state index contributed by atoms with van der Waals surface area (Å²) >= 11 is 0. The van der Waals surface area contributed by atoms with Crippen molar-refractivity contribution in [3.05, 3.63) is 42.1 Å². The highest BCUT2D eigenvalue weighted by Crippen LogP contribution is 2.38. The zero-order chi connectivity index (χ0) is 18.8. The first-order valence-electron chi connectivity index (χ1n) is 8.63. The van der Waals surface area contributed by atoms with E-state index in [9.17, 15) is 4.21 Å². The van der Waals surface area contributed by atoms with E-state index in [-0.39, 0.29) is 0 Å². The van der Waals surface area contributed by atoms with Crippen LogP contribution in [0.25, 0.3) is 6.08 Å². The molecule has 0 radical (unpaired) electrons. The summed E-state index contributed by atoms with van der Waals surface area (Å²) in [5, 5.41) is 3.30. The summed E-state index contributed by atoms with van der Waals surface area (Å²) in [5.74, 6) is 4.25. The smallest absolute Gasteiger partial charge is 0.0434 e. The van der Waals surface area contributed by atoms with E-state index in [4.69, 9.17) is 0 Å². The summed E-state index contributed by atoms with van der Waals surface area (Å²) in [4.78, 5) is 2.10. The Morgan fingerprint density at radius 2 is 2.00 bits per heavy atom. The molecule has 1 aliphatic heterocycles. The minimum Gasteiger partial charge on any atom is -0.388 e. The standard InChI is InChI=1S/C20H31N3OS/c1-8-18-19(16-9-11-23(12-10-16)25(6,7)24)13-17(14-20(18)21-4)22(5)15(2)3/h8,13-14,16,21H,1-2,6,9-12H2,3-5,7H3. The van der Waals surface area contributed by atoms with Crippen LogP contribution in [0.3, 0.4) is 0 Å². The fourth-order valence-corrected chi connectivity index (χ4v) is 4.38. The minimum atomic E-state index is -2.11. The molecule has 0 amide bonds. The molecule has 1 aliphatic rings. The normalized spacial score (nSPS) is 18.4. The molecule has 0 aromatic heterocycles. The summed E-state index contributed by atoms with van der Waals surface area (Å²) < 4.78 is 14.2. The van der Waals surface area contributed by atoms with Gasteiger partial charge in [0.25, 0.3) is 0 Å². The molecule has 1 aromatic carbocycles. The maximum atomic E-state index is 12.2. The Labute approximate surface area is 153 Å². The number of benzene rings is 1. The predicted octanol–water partition coefficient (Wildman–Crippen LogP) is 3.78. The van der Waals surface area contributed by atoms with Crippen LogP contribution in [0.15, 0.2) is 31.0 Å². The average Bonchev–Trinajstić information content (AvgIpc) is 2.59. The van der Waals surface area contributed by atoms with Gasteiger partial charge < -0.3 is 10.2 Å². The Hall–Kier alpha value is -1.72. The third-order valence-corrected chi connectivity index (χ3v) is 6.53. The lowest BCUT2D eigenvalue weighted by Crippen LogP contribution is -2.37. The monoisotopic (exact) mass is 361 g/mol. The highest BCUT2D eigenvalue weighted by atomic mass is 32.2. The number of nitrogens with one attached hydrogen (secondary N) is 1. The number of nitrogens with zero attached hydrogens (tertiary/aromatic N) is 2. The number of anilines is 2. The van der Waals surface area contributed by atoms with Crippen molar-refractivity contribution in [3.63, 3.8) is 0 Å². The van der Waals surface area contributed by atoms with Gasteiger partial charge in [-0.3, -0.25) is 4.21 Å². The molecule has 0 spiro atoms. The number of hydrogen-bond donors (Lipinski definition) is 1. The molecule has 0 aliphatic carbocycles. The molecule has 138 valence electrons. The SMILES string of the molecule is C=Cc1c(NC)cc(N(C)C(=C)C)cc1C1CCN(S(=C)(C)=O)CC1. The molecule has 1 saturated heterocycles. The second-order valence-electron chi connectivity index (χ2n) is 6.91. The Morgan fingerprint density at radius 3 is 2.44 bits per heavy atom. The van der Waals surface area contributed by atoms with Crippen molar-refractivity contribution in [2.45, 2.75) is 25.7 Å². The van der Waals surface area contributed by atoms with Crippen LogP contribution in [0.1, 0.15) is 36.8 Å². The summed E-state index contributed by atoms with van der Waals surface area (Å²) in [6, 6.07) is 4.39. The van der Waals surface area contributed by atoms with Crippen LogP contribution in [0, 0.1) is 0 Å². The van der Waals surface area contributed by atoms with E-state index in [0.717, 1.165) is 48.6 Å². The molecule has 1 unspecified atom stereocenters. The molecule has 1 atom stereocenters. The van der Waals surface area contributed by atoms with Crippen LogP contribution in [0.5, 0.6) is 0 Å². The first-order valence-corrected chi connectivity index (χ1v) is 10.7. The van der Waals surface area contributed by atoms with Crippen molar-refractivity contribution in [2.75, 3.05) is 43.7 Å². The summed E-state index contributed by atoms with van der Waals surface area (Å²) in [7, 11) is 1.86. The lowest BCUT2D eigenvalue weighted by atomic mass is 9.86. The lowest BCUT2D eigenvalue weighted by molar-refractivity contribution is 0.334. The number of piperidine rings is 1. The van der Waals surface area contributed by atoms with Crippen LogP contribution in [0.2, 0.25) is 0 Å². The van der Waals surface area contributed by atoms with E-state index >= 15 is 0 Å². The molecule has 1 fully saturated rings. The molecule has 5 heteroatoms. The first-order chi connectivity index (χ1) is 11.7. The van der Waals surface area contributed by atoms with Crippen LogP contribution in [0.4, 0.5) is 11.4 Å². The van der Waals surface area contributed by atoms with Crippen molar-refractivity contribution >= 4 is 33.0 Å². The molecule has 25 heavy (non-hydrogen) atoms. The molecule has 1 heterocycles. The fraction of sp³-hybridized carbons (Fsp3) is 0.450. The van der Waals surface area contributed by atoms with Gasteiger partial charge in [0, 0.05) is 65.8 Å². The zero-order valence-electron chi connectivity index (χ0n) is 16.0. The molecule has 0 bridgehead atoms. The van der Waals surface area contributed by atoms with Crippen molar-refractivity contribution in [3.8, 4) is 0 Å². The van der Waals surface area contributed by atoms with Crippen molar-refractivity contribution in [1.82, 2.24) is 4.31 Å². The van der Waals surface area contributed by atoms with Gasteiger partial charge in [-0.05, 0) is 49.2 Å². The highest BCUT2D eigenvalue weighted by Gasteiger charge is 2.26. The zero-order valence-corrected chi connectivity index (χ0v) is 16.8. The Morgan fingerprint density at radius 1 is 1.40 bits per heavy atom. The first kappa shape index (κ1) is 19.6. The van der Waals surface area contributed by atoms with Crippen molar-refractivity contribution in [1.29, 1.82) is 0 Å². The molecule has 2 rings (SSSR count). The van der Waals surface area contributed by atoms with Gasteiger partial charge in [-0.1, -0.05) is 19.2 Å². The van der Waals surface area contributed by atoms with Gasteiger partial charge in [-0.15, -0.1) is 0 Å². The van der Waals surface area contributed by atoms with E-state index in [2.05, 4.69) is 41.4 Å². The van der Waals surface area contributed by atoms with Gasteiger partial charge in [0.2, 0.25) is 0 Å². The maximum absolute atomic E-state index is 12.2. The van der Waals surface area contributed by atoms with Crippen LogP contribution in [-0.4, -0.2) is 47.8 Å². The minimum absolute atomic E-state index is 0.427. The van der Waals surface area contributed by atoms with E-state index in [1.165, 1.54) is 5.56 Å². The molecule has 0 saturated carbocycles. The second kappa shape index (κ2) is 7.67. The number of rotatable bonds is 6. The van der Waals surface area contributed by atoms with Gasteiger partial charge in [0.15, 0.2) is 0 Å². The predicted molar refractivity (Wildman–Crippen MR) is 114 cm³/mol. The molecule has 4 nitrogen and oxygen atoms in total.